The van der Waals surface area contributed by atoms with Gasteiger partial charge in [0, 0.05) is 12.6 Å². The fourth-order valence-corrected chi connectivity index (χ4v) is 3.98. The van der Waals surface area contributed by atoms with Gasteiger partial charge in [-0.05, 0) is 31.4 Å². The van der Waals surface area contributed by atoms with Crippen LogP contribution in [0.25, 0.3) is 11.3 Å². The molecule has 0 radical (unpaired) electrons. The maximum atomic E-state index is 13.2. The van der Waals surface area contributed by atoms with Crippen LogP contribution in [0.3, 0.4) is 0 Å². The van der Waals surface area contributed by atoms with Crippen LogP contribution in [0.4, 0.5) is 0 Å². The Labute approximate surface area is 221 Å². The van der Waals surface area contributed by atoms with Crippen molar-refractivity contribution in [2.45, 2.75) is 57.8 Å². The van der Waals surface area contributed by atoms with Gasteiger partial charge < -0.3 is 30.4 Å². The van der Waals surface area contributed by atoms with E-state index in [0.29, 0.717) is 12.1 Å². The fourth-order valence-electron chi connectivity index (χ4n) is 3.98. The maximum Gasteiger partial charge on any atom is 0.552 e. The first-order chi connectivity index (χ1) is 18.1. The molecule has 11 nitrogen and oxygen atoms in total. The number of hydrogen-bond acceptors (Lipinski definition) is 8. The van der Waals surface area contributed by atoms with Crippen LogP contribution in [0.15, 0.2) is 48.5 Å². The number of aromatic nitrogens is 1. The van der Waals surface area contributed by atoms with Crippen LogP contribution in [0, 0.1) is 5.92 Å². The molecule has 3 rings (SSSR count). The second-order valence-electron chi connectivity index (χ2n) is 9.52. The second-order valence-corrected chi connectivity index (χ2v) is 9.52. The molecule has 1 saturated heterocycles. The summed E-state index contributed by atoms with van der Waals surface area (Å²) in [5.41, 5.74) is 1.48. The molecule has 0 aliphatic carbocycles. The normalized spacial score (nSPS) is 17.4. The average Bonchev–Trinajstić information content (AvgIpc) is 3.26. The number of nitrogens with one attached hydrogen (secondary N) is 3. The van der Waals surface area contributed by atoms with Crippen molar-refractivity contribution >= 4 is 30.8 Å². The third-order valence-corrected chi connectivity index (χ3v) is 5.93. The number of rotatable bonds is 11. The van der Waals surface area contributed by atoms with Crippen molar-refractivity contribution in [3.05, 3.63) is 54.2 Å². The lowest BCUT2D eigenvalue weighted by Crippen LogP contribution is -2.57. The minimum atomic E-state index is -1.32. The summed E-state index contributed by atoms with van der Waals surface area (Å²) in [6, 6.07) is 13.0. The Bertz CT molecular complexity index is 1150. The highest BCUT2D eigenvalue weighted by atomic mass is 16.7. The molecule has 3 amide bonds. The van der Waals surface area contributed by atoms with Crippen LogP contribution in [0.1, 0.15) is 44.1 Å². The summed E-state index contributed by atoms with van der Waals surface area (Å²) in [6.45, 7) is 5.20. The molecule has 4 N–H and O–H groups in total. The minimum absolute atomic E-state index is 0.0742. The summed E-state index contributed by atoms with van der Waals surface area (Å²) in [4.78, 5) is 54.5. The number of pyridine rings is 1. The zero-order chi connectivity index (χ0) is 27.8. The number of aliphatic hydroxyl groups is 1. The Kier molecular flexibility index (Phi) is 9.97. The number of carbonyl (C=O) groups is 4. The van der Waals surface area contributed by atoms with E-state index in [0.717, 1.165) is 5.56 Å². The van der Waals surface area contributed by atoms with E-state index in [4.69, 9.17) is 9.31 Å². The van der Waals surface area contributed by atoms with E-state index in [1.165, 1.54) is 20.0 Å². The highest BCUT2D eigenvalue weighted by Crippen LogP contribution is 2.20. The minimum Gasteiger partial charge on any atom is -0.506 e. The van der Waals surface area contributed by atoms with Crippen molar-refractivity contribution in [1.82, 2.24) is 20.9 Å². The highest BCUT2D eigenvalue weighted by molar-refractivity contribution is 6.51. The van der Waals surface area contributed by atoms with E-state index in [1.54, 1.807) is 12.1 Å². The largest absolute Gasteiger partial charge is 0.552 e. The van der Waals surface area contributed by atoms with Crippen molar-refractivity contribution < 1.29 is 33.6 Å². The second kappa shape index (κ2) is 13.2. The molecular weight excluding hydrogens is 491 g/mol. The molecule has 0 bridgehead atoms. The molecule has 0 unspecified atom stereocenters. The molecule has 2 aromatic rings. The van der Waals surface area contributed by atoms with E-state index in [2.05, 4.69) is 20.9 Å². The van der Waals surface area contributed by atoms with E-state index in [-0.39, 0.29) is 23.9 Å². The maximum absolute atomic E-state index is 13.2. The van der Waals surface area contributed by atoms with Gasteiger partial charge >= 0.3 is 13.1 Å². The van der Waals surface area contributed by atoms with Crippen molar-refractivity contribution in [2.24, 2.45) is 5.92 Å². The zero-order valence-corrected chi connectivity index (χ0v) is 21.8. The Morgan fingerprint density at radius 1 is 1.05 bits per heavy atom. The Morgan fingerprint density at radius 2 is 1.76 bits per heavy atom. The first-order valence-electron chi connectivity index (χ1n) is 12.5. The standard InChI is InChI=1S/C26H33BN4O7/c1-15(2)13-21(27-37-20(26(36)38-27)14-22(33)28-4)30-25(35)23(16(3)32)31-24(34)19-12-8-11-18(29-19)17-9-6-5-7-10-17/h5-12,15-16,20-21,23,32H,13-14H2,1-4H3,(H,28,33)(H,30,35)(H,31,34)/t16-,20-,21+,23+/m1/s1. The van der Waals surface area contributed by atoms with Crippen LogP contribution in [-0.4, -0.2) is 72.1 Å². The van der Waals surface area contributed by atoms with E-state index < -0.39 is 49.1 Å². The van der Waals surface area contributed by atoms with Crippen LogP contribution in [-0.2, 0) is 23.7 Å². The van der Waals surface area contributed by atoms with Crippen LogP contribution in [0.5, 0.6) is 0 Å². The molecule has 12 heteroatoms. The van der Waals surface area contributed by atoms with Gasteiger partial charge in [0.25, 0.3) is 5.91 Å². The lowest BCUT2D eigenvalue weighted by atomic mass is 9.74. The third kappa shape index (κ3) is 7.62. The predicted molar refractivity (Wildman–Crippen MR) is 139 cm³/mol. The number of nitrogens with zero attached hydrogens (tertiary/aromatic N) is 1. The molecule has 1 aromatic heterocycles. The lowest BCUT2D eigenvalue weighted by molar-refractivity contribution is -0.139. The number of aliphatic hydroxyl groups excluding tert-OH is 1. The van der Waals surface area contributed by atoms with Gasteiger partial charge in [-0.1, -0.05) is 50.2 Å². The molecule has 1 aromatic carbocycles. The first-order valence-corrected chi connectivity index (χ1v) is 12.5. The zero-order valence-electron chi connectivity index (χ0n) is 21.8. The fraction of sp³-hybridized carbons (Fsp3) is 0.423. The van der Waals surface area contributed by atoms with Gasteiger partial charge in [-0.25, -0.2) is 4.98 Å². The highest BCUT2D eigenvalue weighted by Gasteiger charge is 2.47. The summed E-state index contributed by atoms with van der Waals surface area (Å²) >= 11 is 0. The van der Waals surface area contributed by atoms with Gasteiger partial charge in [-0.15, -0.1) is 0 Å². The lowest BCUT2D eigenvalue weighted by Gasteiger charge is -2.26. The molecule has 4 atom stereocenters. The molecule has 0 saturated carbocycles. The molecule has 38 heavy (non-hydrogen) atoms. The van der Waals surface area contributed by atoms with Crippen LogP contribution < -0.4 is 16.0 Å². The Hall–Kier alpha value is -3.77. The van der Waals surface area contributed by atoms with Crippen molar-refractivity contribution in [3.8, 4) is 11.3 Å². The molecule has 1 aliphatic rings. The average molecular weight is 524 g/mol. The summed E-state index contributed by atoms with van der Waals surface area (Å²) in [5, 5.41) is 18.0. The first kappa shape index (κ1) is 28.8. The molecule has 2 heterocycles. The SMILES string of the molecule is CNC(=O)C[C@H]1OB([C@H](CC(C)C)NC(=O)[C@@H](NC(=O)c2cccc(-c3ccccc3)n2)[C@@H](C)O)OC1=O. The number of hydrogen-bond donors (Lipinski definition) is 4. The van der Waals surface area contributed by atoms with Gasteiger partial charge in [0.15, 0.2) is 0 Å². The quantitative estimate of drug-likeness (QED) is 0.316. The predicted octanol–water partition coefficient (Wildman–Crippen LogP) is 0.864. The van der Waals surface area contributed by atoms with E-state index >= 15 is 0 Å². The summed E-state index contributed by atoms with van der Waals surface area (Å²) in [6.07, 6.45) is -2.18. The smallest absolute Gasteiger partial charge is 0.506 e. The third-order valence-electron chi connectivity index (χ3n) is 5.93. The number of carbonyl (C=O) groups excluding carboxylic acids is 4. The summed E-state index contributed by atoms with van der Waals surface area (Å²) in [7, 11) is 0.317. The molecule has 0 spiro atoms. The van der Waals surface area contributed by atoms with Gasteiger partial charge in [0.2, 0.25) is 11.8 Å². The molecule has 202 valence electrons. The van der Waals surface area contributed by atoms with E-state index in [9.17, 15) is 24.3 Å². The number of benzene rings is 1. The van der Waals surface area contributed by atoms with Crippen LogP contribution >= 0.6 is 0 Å². The van der Waals surface area contributed by atoms with E-state index in [1.807, 2.05) is 44.2 Å². The van der Waals surface area contributed by atoms with Gasteiger partial charge in [0.05, 0.1) is 24.2 Å². The number of amides is 3. The Balaban J connectivity index is 1.72. The Morgan fingerprint density at radius 3 is 2.39 bits per heavy atom. The topological polar surface area (TPSA) is 156 Å². The molecule has 1 aliphatic heterocycles. The summed E-state index contributed by atoms with van der Waals surface area (Å²) in [5.74, 6) is -3.12. The van der Waals surface area contributed by atoms with Gasteiger partial charge in [0.1, 0.15) is 17.8 Å². The summed E-state index contributed by atoms with van der Waals surface area (Å²) < 4.78 is 11.0. The van der Waals surface area contributed by atoms with Crippen molar-refractivity contribution in [2.75, 3.05) is 7.05 Å². The van der Waals surface area contributed by atoms with Crippen LogP contribution in [0.2, 0.25) is 0 Å². The molecule has 1 fully saturated rings. The van der Waals surface area contributed by atoms with Crippen molar-refractivity contribution in [1.29, 1.82) is 0 Å². The van der Waals surface area contributed by atoms with Crippen molar-refractivity contribution in [3.63, 3.8) is 0 Å². The van der Waals surface area contributed by atoms with Gasteiger partial charge in [-0.2, -0.15) is 0 Å². The monoisotopic (exact) mass is 524 g/mol. The van der Waals surface area contributed by atoms with Gasteiger partial charge in [-0.3, -0.25) is 19.2 Å². The molecular formula is C26H33BN4O7.